The van der Waals surface area contributed by atoms with Gasteiger partial charge in [0.25, 0.3) is 0 Å². The minimum Gasteiger partial charge on any atom is -0.508 e. The summed E-state index contributed by atoms with van der Waals surface area (Å²) in [7, 11) is 0. The standard InChI is InChI=1S/C21H15N3O6/c25-13-1-7-16(8-2-13)28-19-22-20(29-17-9-3-14(26)4-10-17)24-21(23-19)30-18-11-5-15(27)6-12-18/h1-12,25-27H. The van der Waals surface area contributed by atoms with Crippen LogP contribution in [0.1, 0.15) is 0 Å². The molecule has 0 spiro atoms. The molecule has 0 amide bonds. The quantitative estimate of drug-likeness (QED) is 0.428. The van der Waals surface area contributed by atoms with Crippen LogP contribution >= 0.6 is 0 Å². The minimum atomic E-state index is -0.0988. The molecule has 150 valence electrons. The Morgan fingerprint density at radius 1 is 0.400 bits per heavy atom. The summed E-state index contributed by atoms with van der Waals surface area (Å²) < 4.78 is 16.8. The summed E-state index contributed by atoms with van der Waals surface area (Å²) in [6.45, 7) is 0. The number of rotatable bonds is 6. The number of ether oxygens (including phenoxy) is 3. The number of benzene rings is 3. The van der Waals surface area contributed by atoms with Crippen LogP contribution in [-0.4, -0.2) is 30.3 Å². The molecule has 1 aromatic heterocycles. The van der Waals surface area contributed by atoms with Crippen LogP contribution in [0.3, 0.4) is 0 Å². The van der Waals surface area contributed by atoms with Gasteiger partial charge in [-0.25, -0.2) is 0 Å². The monoisotopic (exact) mass is 405 g/mol. The van der Waals surface area contributed by atoms with Crippen molar-refractivity contribution < 1.29 is 29.5 Å². The zero-order chi connectivity index (χ0) is 20.9. The molecule has 4 rings (SSSR count). The molecule has 1 heterocycles. The summed E-state index contributed by atoms with van der Waals surface area (Å²) >= 11 is 0. The van der Waals surface area contributed by atoms with E-state index in [-0.39, 0.29) is 35.3 Å². The van der Waals surface area contributed by atoms with Crippen LogP contribution in [0.15, 0.2) is 72.8 Å². The van der Waals surface area contributed by atoms with Gasteiger partial charge in [-0.3, -0.25) is 0 Å². The van der Waals surface area contributed by atoms with Gasteiger partial charge < -0.3 is 29.5 Å². The fourth-order valence-corrected chi connectivity index (χ4v) is 2.32. The van der Waals surface area contributed by atoms with Gasteiger partial charge in [-0.2, -0.15) is 0 Å². The van der Waals surface area contributed by atoms with E-state index in [2.05, 4.69) is 15.0 Å². The summed E-state index contributed by atoms with van der Waals surface area (Å²) in [6.07, 6.45) is 0. The molecule has 0 aliphatic rings. The lowest BCUT2D eigenvalue weighted by Crippen LogP contribution is -2.01. The molecule has 9 heteroatoms. The van der Waals surface area contributed by atoms with Crippen molar-refractivity contribution >= 4 is 0 Å². The van der Waals surface area contributed by atoms with E-state index < -0.39 is 0 Å². The van der Waals surface area contributed by atoms with E-state index in [9.17, 15) is 15.3 Å². The highest BCUT2D eigenvalue weighted by Crippen LogP contribution is 2.28. The minimum absolute atomic E-state index is 0.0886. The van der Waals surface area contributed by atoms with Crippen molar-refractivity contribution in [3.05, 3.63) is 72.8 Å². The first-order valence-electron chi connectivity index (χ1n) is 8.70. The van der Waals surface area contributed by atoms with Gasteiger partial charge >= 0.3 is 18.0 Å². The lowest BCUT2D eigenvalue weighted by atomic mass is 10.3. The number of aromatic hydroxyl groups is 3. The van der Waals surface area contributed by atoms with Gasteiger partial charge in [0.1, 0.15) is 34.5 Å². The average Bonchev–Trinajstić information content (AvgIpc) is 2.73. The van der Waals surface area contributed by atoms with Crippen molar-refractivity contribution in [2.24, 2.45) is 0 Å². The molecule has 3 N–H and O–H groups in total. The second-order valence-corrected chi connectivity index (χ2v) is 5.97. The summed E-state index contributed by atoms with van der Waals surface area (Å²) in [6, 6.07) is 17.7. The van der Waals surface area contributed by atoms with Gasteiger partial charge in [0.05, 0.1) is 0 Å². The number of hydrogen-bond acceptors (Lipinski definition) is 9. The molecule has 0 aliphatic carbocycles. The topological polar surface area (TPSA) is 127 Å². The molecule has 0 bridgehead atoms. The van der Waals surface area contributed by atoms with E-state index in [0.717, 1.165) is 0 Å². The third-order valence-electron chi connectivity index (χ3n) is 3.71. The Kier molecular flexibility index (Phi) is 5.16. The normalized spacial score (nSPS) is 10.4. The fourth-order valence-electron chi connectivity index (χ4n) is 2.32. The number of phenolic OH excluding ortho intramolecular Hbond substituents is 3. The number of aromatic nitrogens is 3. The SMILES string of the molecule is Oc1ccc(Oc2nc(Oc3ccc(O)cc3)nc(Oc3ccc(O)cc3)n2)cc1. The molecule has 4 aromatic rings. The first-order chi connectivity index (χ1) is 14.5. The molecule has 30 heavy (non-hydrogen) atoms. The van der Waals surface area contributed by atoms with Crippen molar-refractivity contribution in [1.29, 1.82) is 0 Å². The van der Waals surface area contributed by atoms with Crippen molar-refractivity contribution in [3.8, 4) is 52.5 Å². The Morgan fingerprint density at radius 2 is 0.633 bits per heavy atom. The van der Waals surface area contributed by atoms with Crippen LogP contribution in [0, 0.1) is 0 Å². The molecule has 0 saturated heterocycles. The first kappa shape index (κ1) is 18.8. The van der Waals surface area contributed by atoms with E-state index >= 15 is 0 Å². The second-order valence-electron chi connectivity index (χ2n) is 5.97. The molecule has 0 radical (unpaired) electrons. The van der Waals surface area contributed by atoms with Crippen LogP contribution in [0.5, 0.6) is 52.5 Å². The molecule has 0 unspecified atom stereocenters. The zero-order valence-corrected chi connectivity index (χ0v) is 15.3. The second kappa shape index (κ2) is 8.23. The van der Waals surface area contributed by atoms with Gasteiger partial charge in [0.2, 0.25) is 0 Å². The predicted molar refractivity (Wildman–Crippen MR) is 104 cm³/mol. The third kappa shape index (κ3) is 4.84. The maximum absolute atomic E-state index is 9.41. The molecule has 0 fully saturated rings. The summed E-state index contributed by atoms with van der Waals surface area (Å²) in [5.74, 6) is 1.41. The molecule has 0 atom stereocenters. The third-order valence-corrected chi connectivity index (χ3v) is 3.71. The fraction of sp³-hybridized carbons (Fsp3) is 0. The van der Waals surface area contributed by atoms with Crippen molar-refractivity contribution in [2.75, 3.05) is 0 Å². The molecular weight excluding hydrogens is 390 g/mol. The van der Waals surface area contributed by atoms with Gasteiger partial charge in [-0.1, -0.05) is 0 Å². The molecule has 0 saturated carbocycles. The van der Waals surface area contributed by atoms with E-state index in [1.54, 1.807) is 36.4 Å². The van der Waals surface area contributed by atoms with Gasteiger partial charge in [-0.15, -0.1) is 15.0 Å². The largest absolute Gasteiger partial charge is 0.508 e. The van der Waals surface area contributed by atoms with Crippen LogP contribution < -0.4 is 14.2 Å². The van der Waals surface area contributed by atoms with E-state index in [1.165, 1.54) is 36.4 Å². The van der Waals surface area contributed by atoms with Crippen LogP contribution in [-0.2, 0) is 0 Å². The average molecular weight is 405 g/mol. The Bertz CT molecular complexity index is 974. The van der Waals surface area contributed by atoms with E-state index in [0.29, 0.717) is 17.2 Å². The Labute approximate surface area is 170 Å². The van der Waals surface area contributed by atoms with Gasteiger partial charge in [0.15, 0.2) is 0 Å². The van der Waals surface area contributed by atoms with Crippen molar-refractivity contribution in [2.45, 2.75) is 0 Å². The summed E-state index contributed by atoms with van der Waals surface area (Å²) in [4.78, 5) is 12.3. The summed E-state index contributed by atoms with van der Waals surface area (Å²) in [5, 5.41) is 28.2. The number of hydrogen-bond donors (Lipinski definition) is 3. The Balaban J connectivity index is 1.64. The number of nitrogens with zero attached hydrogens (tertiary/aromatic N) is 3. The lowest BCUT2D eigenvalue weighted by Gasteiger charge is -2.10. The zero-order valence-electron chi connectivity index (χ0n) is 15.3. The van der Waals surface area contributed by atoms with Crippen molar-refractivity contribution in [1.82, 2.24) is 15.0 Å². The molecular formula is C21H15N3O6. The molecule has 9 nitrogen and oxygen atoms in total. The lowest BCUT2D eigenvalue weighted by molar-refractivity contribution is 0.361. The highest BCUT2D eigenvalue weighted by atomic mass is 16.5. The highest BCUT2D eigenvalue weighted by molar-refractivity contribution is 5.35. The Hall–Kier alpha value is -4.53. The smallest absolute Gasteiger partial charge is 0.331 e. The van der Waals surface area contributed by atoms with Gasteiger partial charge in [0, 0.05) is 0 Å². The first-order valence-corrected chi connectivity index (χ1v) is 8.70. The van der Waals surface area contributed by atoms with E-state index in [1.807, 2.05) is 0 Å². The maximum Gasteiger partial charge on any atom is 0.331 e. The highest BCUT2D eigenvalue weighted by Gasteiger charge is 2.13. The van der Waals surface area contributed by atoms with E-state index in [4.69, 9.17) is 14.2 Å². The van der Waals surface area contributed by atoms with Crippen molar-refractivity contribution in [3.63, 3.8) is 0 Å². The van der Waals surface area contributed by atoms with Crippen LogP contribution in [0.4, 0.5) is 0 Å². The number of phenols is 3. The predicted octanol–water partition coefficient (Wildman–Crippen LogP) is 4.37. The van der Waals surface area contributed by atoms with Crippen LogP contribution in [0.25, 0.3) is 0 Å². The Morgan fingerprint density at radius 3 is 0.867 bits per heavy atom. The maximum atomic E-state index is 9.41. The van der Waals surface area contributed by atoms with Gasteiger partial charge in [-0.05, 0) is 72.8 Å². The summed E-state index contributed by atoms with van der Waals surface area (Å²) in [5.41, 5.74) is 0. The molecule has 0 aliphatic heterocycles. The molecule has 3 aromatic carbocycles. The van der Waals surface area contributed by atoms with Crippen LogP contribution in [0.2, 0.25) is 0 Å².